The smallest absolute Gasteiger partial charge is 0.244 e. The molecule has 0 saturated heterocycles. The van der Waals surface area contributed by atoms with Crippen LogP contribution in [0.4, 0.5) is 0 Å². The summed E-state index contributed by atoms with van der Waals surface area (Å²) in [7, 11) is 1.66. The van der Waals surface area contributed by atoms with Crippen LogP contribution in [0.1, 0.15) is 24.1 Å². The Hall–Kier alpha value is -2.30. The third-order valence-electron chi connectivity index (χ3n) is 3.43. The number of hydrogen-bond donors (Lipinski definition) is 1. The van der Waals surface area contributed by atoms with Crippen LogP contribution in [0.2, 0.25) is 0 Å². The highest BCUT2D eigenvalue weighted by atomic mass is 16.5. The summed E-state index contributed by atoms with van der Waals surface area (Å²) in [6.07, 6.45) is 4.19. The molecular formula is C16H21N3O2. The van der Waals surface area contributed by atoms with E-state index in [9.17, 15) is 4.79 Å². The van der Waals surface area contributed by atoms with Crippen LogP contribution in [-0.4, -0.2) is 29.3 Å². The summed E-state index contributed by atoms with van der Waals surface area (Å²) in [4.78, 5) is 12.0. The van der Waals surface area contributed by atoms with E-state index in [-0.39, 0.29) is 11.9 Å². The standard InChI is InChI=1S/C16H21N3O2/c1-12-5-6-15(21-3)14(11-12)7-9-17-16(20)13(2)19-10-4-8-18-19/h4-6,8,10-11,13H,7,9H2,1-3H3,(H,17,20). The Kier molecular flexibility index (Phi) is 4.98. The van der Waals surface area contributed by atoms with Crippen LogP contribution in [0.5, 0.6) is 5.75 Å². The van der Waals surface area contributed by atoms with Crippen molar-refractivity contribution in [3.8, 4) is 5.75 Å². The minimum absolute atomic E-state index is 0.0367. The van der Waals surface area contributed by atoms with E-state index in [1.807, 2.05) is 26.0 Å². The number of benzene rings is 1. The topological polar surface area (TPSA) is 56.1 Å². The fourth-order valence-electron chi connectivity index (χ4n) is 2.20. The Bertz CT molecular complexity index is 594. The molecule has 1 N–H and O–H groups in total. The molecule has 0 spiro atoms. The fourth-order valence-corrected chi connectivity index (χ4v) is 2.20. The van der Waals surface area contributed by atoms with Crippen molar-refractivity contribution in [1.29, 1.82) is 0 Å². The van der Waals surface area contributed by atoms with Gasteiger partial charge < -0.3 is 10.1 Å². The number of aromatic nitrogens is 2. The van der Waals surface area contributed by atoms with Crippen LogP contribution in [0.15, 0.2) is 36.7 Å². The minimum Gasteiger partial charge on any atom is -0.496 e. The van der Waals surface area contributed by atoms with Gasteiger partial charge in [0.1, 0.15) is 11.8 Å². The highest BCUT2D eigenvalue weighted by molar-refractivity contribution is 5.79. The van der Waals surface area contributed by atoms with Crippen molar-refractivity contribution in [2.45, 2.75) is 26.3 Å². The van der Waals surface area contributed by atoms with E-state index in [2.05, 4.69) is 16.5 Å². The molecule has 112 valence electrons. The van der Waals surface area contributed by atoms with E-state index < -0.39 is 0 Å². The SMILES string of the molecule is COc1ccc(C)cc1CCNC(=O)C(C)n1cccn1. The van der Waals surface area contributed by atoms with Crippen LogP contribution >= 0.6 is 0 Å². The Morgan fingerprint density at radius 3 is 2.95 bits per heavy atom. The molecule has 1 amide bonds. The number of rotatable bonds is 6. The Morgan fingerprint density at radius 1 is 1.48 bits per heavy atom. The molecule has 0 radical (unpaired) electrons. The third-order valence-corrected chi connectivity index (χ3v) is 3.43. The maximum absolute atomic E-state index is 12.0. The van der Waals surface area contributed by atoms with Crippen LogP contribution in [0, 0.1) is 6.92 Å². The number of aryl methyl sites for hydroxylation is 1. The number of methoxy groups -OCH3 is 1. The number of hydrogen-bond acceptors (Lipinski definition) is 3. The van der Waals surface area contributed by atoms with Gasteiger partial charge in [0.15, 0.2) is 0 Å². The van der Waals surface area contributed by atoms with Crippen molar-refractivity contribution >= 4 is 5.91 Å². The first-order chi connectivity index (χ1) is 10.1. The first kappa shape index (κ1) is 15.1. The van der Waals surface area contributed by atoms with Gasteiger partial charge in [0.2, 0.25) is 5.91 Å². The summed E-state index contributed by atoms with van der Waals surface area (Å²) in [5, 5.41) is 7.01. The normalized spacial score (nSPS) is 12.0. The summed E-state index contributed by atoms with van der Waals surface area (Å²) in [5.74, 6) is 0.820. The molecule has 5 heteroatoms. The van der Waals surface area contributed by atoms with Crippen LogP contribution in [0.3, 0.4) is 0 Å². The molecule has 1 atom stereocenters. The number of carbonyl (C=O) groups is 1. The molecule has 0 aliphatic carbocycles. The minimum atomic E-state index is -0.306. The second-order valence-corrected chi connectivity index (χ2v) is 5.02. The van der Waals surface area contributed by atoms with Crippen molar-refractivity contribution < 1.29 is 9.53 Å². The molecule has 0 bridgehead atoms. The fraction of sp³-hybridized carbons (Fsp3) is 0.375. The Morgan fingerprint density at radius 2 is 2.29 bits per heavy atom. The van der Waals surface area contributed by atoms with Gasteiger partial charge in [0.05, 0.1) is 7.11 Å². The summed E-state index contributed by atoms with van der Waals surface area (Å²) >= 11 is 0. The zero-order valence-corrected chi connectivity index (χ0v) is 12.7. The highest BCUT2D eigenvalue weighted by Crippen LogP contribution is 2.19. The van der Waals surface area contributed by atoms with Gasteiger partial charge in [-0.15, -0.1) is 0 Å². The molecule has 0 fully saturated rings. The van der Waals surface area contributed by atoms with E-state index in [4.69, 9.17) is 4.74 Å². The summed E-state index contributed by atoms with van der Waals surface area (Å²) in [6.45, 7) is 4.45. The van der Waals surface area contributed by atoms with E-state index >= 15 is 0 Å². The average molecular weight is 287 g/mol. The van der Waals surface area contributed by atoms with E-state index in [0.717, 1.165) is 17.7 Å². The number of amides is 1. The predicted molar refractivity (Wildman–Crippen MR) is 81.4 cm³/mol. The second kappa shape index (κ2) is 6.92. The zero-order chi connectivity index (χ0) is 15.2. The van der Waals surface area contributed by atoms with E-state index in [0.29, 0.717) is 6.54 Å². The second-order valence-electron chi connectivity index (χ2n) is 5.02. The van der Waals surface area contributed by atoms with Gasteiger partial charge in [0, 0.05) is 18.9 Å². The largest absolute Gasteiger partial charge is 0.496 e. The molecular weight excluding hydrogens is 266 g/mol. The molecule has 1 aromatic heterocycles. The Labute approximate surface area is 124 Å². The molecule has 2 aromatic rings. The van der Waals surface area contributed by atoms with E-state index in [1.165, 1.54) is 5.56 Å². The first-order valence-electron chi connectivity index (χ1n) is 7.02. The van der Waals surface area contributed by atoms with Crippen molar-refractivity contribution in [2.75, 3.05) is 13.7 Å². The molecule has 0 aliphatic heterocycles. The maximum atomic E-state index is 12.0. The molecule has 1 unspecified atom stereocenters. The molecule has 2 rings (SSSR count). The predicted octanol–water partition coefficient (Wildman–Crippen LogP) is 2.12. The molecule has 0 aliphatic rings. The number of ether oxygens (including phenoxy) is 1. The van der Waals surface area contributed by atoms with Crippen LogP contribution < -0.4 is 10.1 Å². The van der Waals surface area contributed by atoms with Gasteiger partial charge in [0.25, 0.3) is 0 Å². The van der Waals surface area contributed by atoms with Crippen molar-refractivity contribution in [2.24, 2.45) is 0 Å². The molecule has 1 heterocycles. The lowest BCUT2D eigenvalue weighted by Gasteiger charge is -2.14. The maximum Gasteiger partial charge on any atom is 0.244 e. The lowest BCUT2D eigenvalue weighted by atomic mass is 10.1. The first-order valence-corrected chi connectivity index (χ1v) is 7.02. The van der Waals surface area contributed by atoms with Gasteiger partial charge in [-0.2, -0.15) is 5.10 Å². The number of nitrogens with zero attached hydrogens (tertiary/aromatic N) is 2. The summed E-state index contributed by atoms with van der Waals surface area (Å²) in [6, 6.07) is 7.56. The number of nitrogens with one attached hydrogen (secondary N) is 1. The van der Waals surface area contributed by atoms with Crippen molar-refractivity contribution in [3.05, 3.63) is 47.8 Å². The average Bonchev–Trinajstić information content (AvgIpc) is 3.00. The molecule has 5 nitrogen and oxygen atoms in total. The monoisotopic (exact) mass is 287 g/mol. The zero-order valence-electron chi connectivity index (χ0n) is 12.7. The molecule has 21 heavy (non-hydrogen) atoms. The van der Waals surface area contributed by atoms with E-state index in [1.54, 1.807) is 30.3 Å². The highest BCUT2D eigenvalue weighted by Gasteiger charge is 2.14. The molecule has 1 aromatic carbocycles. The van der Waals surface area contributed by atoms with Crippen LogP contribution in [-0.2, 0) is 11.2 Å². The van der Waals surface area contributed by atoms with Crippen LogP contribution in [0.25, 0.3) is 0 Å². The lowest BCUT2D eigenvalue weighted by molar-refractivity contribution is -0.124. The van der Waals surface area contributed by atoms with Crippen molar-refractivity contribution in [3.63, 3.8) is 0 Å². The van der Waals surface area contributed by atoms with Gasteiger partial charge in [-0.3, -0.25) is 9.48 Å². The third kappa shape index (κ3) is 3.84. The quantitative estimate of drug-likeness (QED) is 0.885. The van der Waals surface area contributed by atoms with Gasteiger partial charge >= 0.3 is 0 Å². The summed E-state index contributed by atoms with van der Waals surface area (Å²) < 4.78 is 6.98. The van der Waals surface area contributed by atoms with Crippen molar-refractivity contribution in [1.82, 2.24) is 15.1 Å². The summed E-state index contributed by atoms with van der Waals surface area (Å²) in [5.41, 5.74) is 2.28. The van der Waals surface area contributed by atoms with Gasteiger partial charge in [-0.25, -0.2) is 0 Å². The Balaban J connectivity index is 1.89. The van der Waals surface area contributed by atoms with Gasteiger partial charge in [-0.05, 0) is 38.0 Å². The van der Waals surface area contributed by atoms with Gasteiger partial charge in [-0.1, -0.05) is 17.7 Å². The lowest BCUT2D eigenvalue weighted by Crippen LogP contribution is -2.32. The number of carbonyl (C=O) groups excluding carboxylic acids is 1. The molecule has 0 saturated carbocycles.